The highest BCUT2D eigenvalue weighted by atomic mass is 19.1. The fraction of sp³-hybridized carbons (Fsp3) is 0.462. The van der Waals surface area contributed by atoms with E-state index in [1.165, 1.54) is 12.1 Å². The highest BCUT2D eigenvalue weighted by molar-refractivity contribution is 5.79. The molecule has 0 saturated heterocycles. The molecule has 0 aromatic heterocycles. The first-order valence-corrected chi connectivity index (χ1v) is 5.89. The number of nitrogens with one attached hydrogen (secondary N) is 1. The zero-order valence-electron chi connectivity index (χ0n) is 10.1. The van der Waals surface area contributed by atoms with Gasteiger partial charge >= 0.3 is 0 Å². The predicted molar refractivity (Wildman–Crippen MR) is 65.9 cm³/mol. The van der Waals surface area contributed by atoms with Gasteiger partial charge in [0.2, 0.25) is 5.91 Å². The quantitative estimate of drug-likeness (QED) is 0.788. The number of carbonyl (C=O) groups excluding carboxylic acids is 1. The van der Waals surface area contributed by atoms with E-state index in [-0.39, 0.29) is 17.6 Å². The van der Waals surface area contributed by atoms with Gasteiger partial charge in [-0.05, 0) is 30.5 Å². The third kappa shape index (κ3) is 4.53. The van der Waals surface area contributed by atoms with Gasteiger partial charge in [0, 0.05) is 13.1 Å². The van der Waals surface area contributed by atoms with Crippen molar-refractivity contribution in [1.82, 2.24) is 5.32 Å². The van der Waals surface area contributed by atoms with Gasteiger partial charge in [-0.2, -0.15) is 0 Å². The van der Waals surface area contributed by atoms with E-state index in [4.69, 9.17) is 5.73 Å². The number of hydrogen-bond acceptors (Lipinski definition) is 2. The number of amides is 1. The van der Waals surface area contributed by atoms with Crippen molar-refractivity contribution < 1.29 is 9.18 Å². The Morgan fingerprint density at radius 2 is 2.06 bits per heavy atom. The first-order valence-electron chi connectivity index (χ1n) is 5.89. The summed E-state index contributed by atoms with van der Waals surface area (Å²) < 4.78 is 12.7. The van der Waals surface area contributed by atoms with Gasteiger partial charge in [-0.3, -0.25) is 4.79 Å². The van der Waals surface area contributed by atoms with E-state index in [1.807, 2.05) is 6.92 Å². The molecule has 1 unspecified atom stereocenters. The molecule has 1 atom stereocenters. The second-order valence-electron chi connectivity index (χ2n) is 4.05. The first-order chi connectivity index (χ1) is 8.17. The molecule has 0 bridgehead atoms. The Kier molecular flexibility index (Phi) is 5.63. The molecule has 4 heteroatoms. The molecular weight excluding hydrogens is 219 g/mol. The molecule has 1 aromatic carbocycles. The molecular formula is C13H19FN2O. The summed E-state index contributed by atoms with van der Waals surface area (Å²) in [6.07, 6.45) is 1.45. The zero-order chi connectivity index (χ0) is 12.7. The lowest BCUT2D eigenvalue weighted by molar-refractivity contribution is -0.124. The second kappa shape index (κ2) is 7.01. The molecule has 0 fully saturated rings. The lowest BCUT2D eigenvalue weighted by atomic mass is 9.98. The van der Waals surface area contributed by atoms with Crippen molar-refractivity contribution >= 4 is 5.91 Å². The molecule has 94 valence electrons. The first kappa shape index (κ1) is 13.6. The summed E-state index contributed by atoms with van der Waals surface area (Å²) in [4.78, 5) is 11.7. The number of nitrogens with two attached hydrogens (primary N) is 1. The third-order valence-corrected chi connectivity index (χ3v) is 2.60. The van der Waals surface area contributed by atoms with Crippen LogP contribution in [0.3, 0.4) is 0 Å². The van der Waals surface area contributed by atoms with E-state index in [0.717, 1.165) is 12.0 Å². The van der Waals surface area contributed by atoms with Crippen molar-refractivity contribution in [2.24, 2.45) is 11.7 Å². The number of carbonyl (C=O) groups is 1. The highest BCUT2D eigenvalue weighted by Gasteiger charge is 2.16. The topological polar surface area (TPSA) is 55.1 Å². The van der Waals surface area contributed by atoms with Crippen LogP contribution in [0.4, 0.5) is 4.39 Å². The summed E-state index contributed by atoms with van der Waals surface area (Å²) in [7, 11) is 0. The molecule has 0 saturated carbocycles. The zero-order valence-corrected chi connectivity index (χ0v) is 10.1. The van der Waals surface area contributed by atoms with Crippen molar-refractivity contribution in [2.75, 3.05) is 13.1 Å². The summed E-state index contributed by atoms with van der Waals surface area (Å²) in [5.74, 6) is -0.542. The van der Waals surface area contributed by atoms with Gasteiger partial charge in [-0.1, -0.05) is 19.1 Å². The fourth-order valence-electron chi connectivity index (χ4n) is 1.58. The third-order valence-electron chi connectivity index (χ3n) is 2.60. The SMILES string of the molecule is CCCNC(=O)C(CN)Cc1ccc(F)cc1. The summed E-state index contributed by atoms with van der Waals surface area (Å²) >= 11 is 0. The minimum Gasteiger partial charge on any atom is -0.356 e. The molecule has 0 radical (unpaired) electrons. The van der Waals surface area contributed by atoms with Crippen LogP contribution in [0, 0.1) is 11.7 Å². The Labute approximate surface area is 101 Å². The van der Waals surface area contributed by atoms with Crippen molar-refractivity contribution in [1.29, 1.82) is 0 Å². The standard InChI is InChI=1S/C13H19FN2O/c1-2-7-16-13(17)11(9-15)8-10-3-5-12(14)6-4-10/h3-6,11H,2,7-9,15H2,1H3,(H,16,17). The van der Waals surface area contributed by atoms with Gasteiger partial charge in [0.15, 0.2) is 0 Å². The van der Waals surface area contributed by atoms with Crippen molar-refractivity contribution in [2.45, 2.75) is 19.8 Å². The average molecular weight is 238 g/mol. The molecule has 1 amide bonds. The van der Waals surface area contributed by atoms with E-state index >= 15 is 0 Å². The molecule has 0 aliphatic rings. The maximum Gasteiger partial charge on any atom is 0.224 e. The Morgan fingerprint density at radius 1 is 1.41 bits per heavy atom. The van der Waals surface area contributed by atoms with Gasteiger partial charge in [0.25, 0.3) is 0 Å². The van der Waals surface area contributed by atoms with Crippen LogP contribution in [0.25, 0.3) is 0 Å². The number of rotatable bonds is 6. The lowest BCUT2D eigenvalue weighted by Crippen LogP contribution is -2.36. The number of benzene rings is 1. The van der Waals surface area contributed by atoms with E-state index in [2.05, 4.69) is 5.32 Å². The monoisotopic (exact) mass is 238 g/mol. The Balaban J connectivity index is 2.57. The minimum atomic E-state index is -0.270. The van der Waals surface area contributed by atoms with Crippen LogP contribution in [0.15, 0.2) is 24.3 Å². The van der Waals surface area contributed by atoms with Crippen LogP contribution in [0.1, 0.15) is 18.9 Å². The highest BCUT2D eigenvalue weighted by Crippen LogP contribution is 2.09. The van der Waals surface area contributed by atoms with Crippen LogP contribution in [0.5, 0.6) is 0 Å². The summed E-state index contributed by atoms with van der Waals surface area (Å²) in [6, 6.07) is 6.16. The van der Waals surface area contributed by atoms with Crippen molar-refractivity contribution in [3.05, 3.63) is 35.6 Å². The Morgan fingerprint density at radius 3 is 2.59 bits per heavy atom. The average Bonchev–Trinajstić information content (AvgIpc) is 2.35. The summed E-state index contributed by atoms with van der Waals surface area (Å²) in [5.41, 5.74) is 6.51. The summed E-state index contributed by atoms with van der Waals surface area (Å²) in [6.45, 7) is 2.96. The van der Waals surface area contributed by atoms with E-state index in [0.29, 0.717) is 19.5 Å². The van der Waals surface area contributed by atoms with E-state index in [9.17, 15) is 9.18 Å². The second-order valence-corrected chi connectivity index (χ2v) is 4.05. The Bertz CT molecular complexity index is 351. The van der Waals surface area contributed by atoms with Crippen molar-refractivity contribution in [3.63, 3.8) is 0 Å². The molecule has 0 aliphatic carbocycles. The van der Waals surface area contributed by atoms with Crippen LogP contribution in [-0.4, -0.2) is 19.0 Å². The van der Waals surface area contributed by atoms with Gasteiger partial charge < -0.3 is 11.1 Å². The van der Waals surface area contributed by atoms with Crippen LogP contribution < -0.4 is 11.1 Å². The van der Waals surface area contributed by atoms with Crippen LogP contribution in [0.2, 0.25) is 0 Å². The summed E-state index contributed by atoms with van der Waals surface area (Å²) in [5, 5.41) is 2.82. The molecule has 3 N–H and O–H groups in total. The number of halogens is 1. The van der Waals surface area contributed by atoms with Gasteiger partial charge in [0.05, 0.1) is 5.92 Å². The van der Waals surface area contributed by atoms with Gasteiger partial charge in [0.1, 0.15) is 5.82 Å². The maximum atomic E-state index is 12.7. The van der Waals surface area contributed by atoms with Crippen LogP contribution >= 0.6 is 0 Å². The molecule has 0 heterocycles. The lowest BCUT2D eigenvalue weighted by Gasteiger charge is -2.14. The van der Waals surface area contributed by atoms with Crippen LogP contribution in [-0.2, 0) is 11.2 Å². The molecule has 1 aromatic rings. The Hall–Kier alpha value is -1.42. The minimum absolute atomic E-state index is 0.0290. The van der Waals surface area contributed by atoms with E-state index < -0.39 is 0 Å². The molecule has 17 heavy (non-hydrogen) atoms. The van der Waals surface area contributed by atoms with Gasteiger partial charge in [-0.25, -0.2) is 4.39 Å². The fourth-order valence-corrected chi connectivity index (χ4v) is 1.58. The normalized spacial score (nSPS) is 12.2. The molecule has 0 aliphatic heterocycles. The smallest absolute Gasteiger partial charge is 0.224 e. The molecule has 1 rings (SSSR count). The van der Waals surface area contributed by atoms with E-state index in [1.54, 1.807) is 12.1 Å². The maximum absolute atomic E-state index is 12.7. The predicted octanol–water partition coefficient (Wildman–Crippen LogP) is 1.47. The molecule has 3 nitrogen and oxygen atoms in total. The molecule has 0 spiro atoms. The largest absolute Gasteiger partial charge is 0.356 e. The van der Waals surface area contributed by atoms with Crippen molar-refractivity contribution in [3.8, 4) is 0 Å². The van der Waals surface area contributed by atoms with Gasteiger partial charge in [-0.15, -0.1) is 0 Å². The number of hydrogen-bond donors (Lipinski definition) is 2.